The van der Waals surface area contributed by atoms with Crippen LogP contribution in [0.25, 0.3) is 0 Å². The Bertz CT molecular complexity index is 312. The number of benzene rings is 1. The molecule has 0 aliphatic heterocycles. The second-order valence-electron chi connectivity index (χ2n) is 3.64. The summed E-state index contributed by atoms with van der Waals surface area (Å²) in [4.78, 5) is 0. The van der Waals surface area contributed by atoms with Crippen molar-refractivity contribution >= 4 is 21.6 Å². The Balaban J connectivity index is 2.73. The molecule has 2 unspecified atom stereocenters. The van der Waals surface area contributed by atoms with Crippen molar-refractivity contribution in [3.63, 3.8) is 0 Å². The average Bonchev–Trinajstić information content (AvgIpc) is 2.11. The molecular weight excluding hydrogens is 242 g/mol. The third kappa shape index (κ3) is 3.00. The molecule has 14 heavy (non-hydrogen) atoms. The number of rotatable bonds is 3. The van der Waals surface area contributed by atoms with Crippen LogP contribution in [0.3, 0.4) is 0 Å². The zero-order valence-electron chi connectivity index (χ0n) is 8.71. The van der Waals surface area contributed by atoms with Crippen molar-refractivity contribution in [2.24, 2.45) is 0 Å². The Morgan fingerprint density at radius 2 is 2.00 bits per heavy atom. The molecule has 2 N–H and O–H groups in total. The molecule has 0 amide bonds. The summed E-state index contributed by atoms with van der Waals surface area (Å²) in [7, 11) is 0. The van der Waals surface area contributed by atoms with E-state index < -0.39 is 0 Å². The van der Waals surface area contributed by atoms with Gasteiger partial charge in [0.05, 0.1) is 6.10 Å². The van der Waals surface area contributed by atoms with Crippen LogP contribution >= 0.6 is 15.9 Å². The Hall–Kier alpha value is -0.540. The van der Waals surface area contributed by atoms with Crippen LogP contribution in [0, 0.1) is 6.92 Å². The number of nitrogens with one attached hydrogen (secondary N) is 1. The summed E-state index contributed by atoms with van der Waals surface area (Å²) in [5.41, 5.74) is 2.23. The number of halogens is 1. The summed E-state index contributed by atoms with van der Waals surface area (Å²) < 4.78 is 1.10. The van der Waals surface area contributed by atoms with Crippen LogP contribution in [0.1, 0.15) is 19.4 Å². The summed E-state index contributed by atoms with van der Waals surface area (Å²) in [5.74, 6) is 0. The first-order valence-electron chi connectivity index (χ1n) is 4.71. The summed E-state index contributed by atoms with van der Waals surface area (Å²) in [6.45, 7) is 5.79. The van der Waals surface area contributed by atoms with Gasteiger partial charge in [0.2, 0.25) is 0 Å². The van der Waals surface area contributed by atoms with E-state index in [2.05, 4.69) is 27.3 Å². The first kappa shape index (κ1) is 11.5. The second kappa shape index (κ2) is 4.80. The Morgan fingerprint density at radius 1 is 1.36 bits per heavy atom. The second-order valence-corrected chi connectivity index (χ2v) is 4.49. The van der Waals surface area contributed by atoms with Crippen molar-refractivity contribution < 1.29 is 5.11 Å². The number of hydrogen-bond donors (Lipinski definition) is 2. The minimum absolute atomic E-state index is 0.0653. The monoisotopic (exact) mass is 257 g/mol. The molecule has 0 aliphatic rings. The molecule has 0 fully saturated rings. The average molecular weight is 258 g/mol. The standard InChI is InChI=1S/C11H16BrNO/c1-7-6-10(4-5-11(7)12)13-8(2)9(3)14/h4-6,8-9,13-14H,1-3H3. The number of aliphatic hydroxyl groups is 1. The normalized spacial score (nSPS) is 14.9. The summed E-state index contributed by atoms with van der Waals surface area (Å²) in [5, 5.41) is 12.6. The highest BCUT2D eigenvalue weighted by Crippen LogP contribution is 2.20. The van der Waals surface area contributed by atoms with Crippen LogP contribution in [0.15, 0.2) is 22.7 Å². The van der Waals surface area contributed by atoms with Crippen LogP contribution in [-0.2, 0) is 0 Å². The number of aryl methyl sites for hydroxylation is 1. The highest BCUT2D eigenvalue weighted by molar-refractivity contribution is 9.10. The van der Waals surface area contributed by atoms with Crippen molar-refractivity contribution in [1.82, 2.24) is 0 Å². The predicted molar refractivity (Wildman–Crippen MR) is 63.6 cm³/mol. The third-order valence-electron chi connectivity index (χ3n) is 2.28. The third-order valence-corrected chi connectivity index (χ3v) is 3.17. The van der Waals surface area contributed by atoms with Gasteiger partial charge < -0.3 is 10.4 Å². The fraction of sp³-hybridized carbons (Fsp3) is 0.455. The molecule has 0 saturated heterocycles. The minimum Gasteiger partial charge on any atom is -0.391 e. The van der Waals surface area contributed by atoms with E-state index in [4.69, 9.17) is 0 Å². The Labute approximate surface area is 93.5 Å². The van der Waals surface area contributed by atoms with E-state index in [1.165, 1.54) is 5.56 Å². The molecule has 1 rings (SSSR count). The highest BCUT2D eigenvalue weighted by Gasteiger charge is 2.08. The maximum atomic E-state index is 9.33. The van der Waals surface area contributed by atoms with Gasteiger partial charge in [0.15, 0.2) is 0 Å². The molecule has 78 valence electrons. The maximum absolute atomic E-state index is 9.33. The predicted octanol–water partition coefficient (Wildman–Crippen LogP) is 2.94. The number of hydrogen-bond acceptors (Lipinski definition) is 2. The molecule has 0 heterocycles. The van der Waals surface area contributed by atoms with Crippen molar-refractivity contribution in [1.29, 1.82) is 0 Å². The molecule has 2 atom stereocenters. The van der Waals surface area contributed by atoms with Gasteiger partial charge >= 0.3 is 0 Å². The fourth-order valence-electron chi connectivity index (χ4n) is 1.12. The van der Waals surface area contributed by atoms with Gasteiger partial charge in [0, 0.05) is 16.2 Å². The topological polar surface area (TPSA) is 32.3 Å². The smallest absolute Gasteiger partial charge is 0.0710 e. The van der Waals surface area contributed by atoms with Gasteiger partial charge in [0.1, 0.15) is 0 Å². The van der Waals surface area contributed by atoms with E-state index in [0.717, 1.165) is 10.2 Å². The molecule has 0 radical (unpaired) electrons. The quantitative estimate of drug-likeness (QED) is 0.873. The summed E-state index contributed by atoms with van der Waals surface area (Å²) >= 11 is 3.45. The van der Waals surface area contributed by atoms with Gasteiger partial charge in [-0.15, -0.1) is 0 Å². The molecule has 2 nitrogen and oxygen atoms in total. The van der Waals surface area contributed by atoms with Crippen LogP contribution in [0.4, 0.5) is 5.69 Å². The Morgan fingerprint density at radius 3 is 2.50 bits per heavy atom. The minimum atomic E-state index is -0.348. The molecule has 0 aromatic heterocycles. The SMILES string of the molecule is Cc1cc(NC(C)C(C)O)ccc1Br. The highest BCUT2D eigenvalue weighted by atomic mass is 79.9. The van der Waals surface area contributed by atoms with Crippen LogP contribution < -0.4 is 5.32 Å². The molecular formula is C11H16BrNO. The van der Waals surface area contributed by atoms with Gasteiger partial charge in [-0.1, -0.05) is 15.9 Å². The van der Waals surface area contributed by atoms with Crippen molar-refractivity contribution in [2.75, 3.05) is 5.32 Å². The largest absolute Gasteiger partial charge is 0.391 e. The summed E-state index contributed by atoms with van der Waals surface area (Å²) in [6, 6.07) is 6.13. The lowest BCUT2D eigenvalue weighted by Crippen LogP contribution is -2.27. The van der Waals surface area contributed by atoms with Crippen LogP contribution in [0.2, 0.25) is 0 Å². The van der Waals surface area contributed by atoms with Gasteiger partial charge in [-0.05, 0) is 44.5 Å². The van der Waals surface area contributed by atoms with E-state index in [9.17, 15) is 5.11 Å². The zero-order valence-corrected chi connectivity index (χ0v) is 10.3. The molecule has 0 bridgehead atoms. The number of aliphatic hydroxyl groups excluding tert-OH is 1. The van der Waals surface area contributed by atoms with Gasteiger partial charge in [-0.3, -0.25) is 0 Å². The molecule has 3 heteroatoms. The maximum Gasteiger partial charge on any atom is 0.0710 e. The van der Waals surface area contributed by atoms with Gasteiger partial charge in [0.25, 0.3) is 0 Å². The molecule has 0 aliphatic carbocycles. The van der Waals surface area contributed by atoms with E-state index >= 15 is 0 Å². The molecule has 0 spiro atoms. The van der Waals surface area contributed by atoms with E-state index in [-0.39, 0.29) is 12.1 Å². The van der Waals surface area contributed by atoms with E-state index in [1.54, 1.807) is 6.92 Å². The van der Waals surface area contributed by atoms with E-state index in [0.29, 0.717) is 0 Å². The lowest BCUT2D eigenvalue weighted by molar-refractivity contribution is 0.178. The summed E-state index contributed by atoms with van der Waals surface area (Å²) in [6.07, 6.45) is -0.348. The lowest BCUT2D eigenvalue weighted by Gasteiger charge is -2.18. The van der Waals surface area contributed by atoms with Crippen LogP contribution in [-0.4, -0.2) is 17.3 Å². The van der Waals surface area contributed by atoms with Crippen LogP contribution in [0.5, 0.6) is 0 Å². The molecule has 1 aromatic rings. The zero-order chi connectivity index (χ0) is 10.7. The Kier molecular flexibility index (Phi) is 3.96. The van der Waals surface area contributed by atoms with Gasteiger partial charge in [-0.2, -0.15) is 0 Å². The first-order valence-corrected chi connectivity index (χ1v) is 5.50. The van der Waals surface area contributed by atoms with E-state index in [1.807, 2.05) is 26.0 Å². The first-order chi connectivity index (χ1) is 6.50. The molecule has 1 aromatic carbocycles. The lowest BCUT2D eigenvalue weighted by atomic mass is 10.1. The van der Waals surface area contributed by atoms with Crippen molar-refractivity contribution in [3.8, 4) is 0 Å². The van der Waals surface area contributed by atoms with Crippen molar-refractivity contribution in [3.05, 3.63) is 28.2 Å². The fourth-order valence-corrected chi connectivity index (χ4v) is 1.36. The molecule has 0 saturated carbocycles. The number of anilines is 1. The van der Waals surface area contributed by atoms with Gasteiger partial charge in [-0.25, -0.2) is 0 Å². The van der Waals surface area contributed by atoms with Crippen molar-refractivity contribution in [2.45, 2.75) is 32.9 Å².